The molecule has 0 N–H and O–H groups in total. The van der Waals surface area contributed by atoms with Crippen molar-refractivity contribution in [2.75, 3.05) is 17.5 Å². The molecular weight excluding hydrogens is 414 g/mol. The Morgan fingerprint density at radius 2 is 1.71 bits per heavy atom. The number of hydrogen-bond acceptors (Lipinski definition) is 6. The van der Waals surface area contributed by atoms with Crippen LogP contribution < -0.4 is 4.31 Å². The Bertz CT molecular complexity index is 1170. The second kappa shape index (κ2) is 8.09. The maximum atomic E-state index is 13.7. The first-order valence-corrected chi connectivity index (χ1v) is 12.1. The van der Waals surface area contributed by atoms with Crippen LogP contribution in [0.15, 0.2) is 57.8 Å². The summed E-state index contributed by atoms with van der Waals surface area (Å²) in [6.45, 7) is 3.39. The molecule has 8 heteroatoms. The van der Waals surface area contributed by atoms with E-state index in [-0.39, 0.29) is 10.8 Å². The van der Waals surface area contributed by atoms with Crippen molar-refractivity contribution in [2.24, 2.45) is 0 Å². The van der Waals surface area contributed by atoms with Gasteiger partial charge in [0, 0.05) is 25.6 Å². The molecule has 2 aliphatic heterocycles. The number of fused-ring (bicyclic) bond motifs is 1. The molecular formula is C23H25N3O4S. The summed E-state index contributed by atoms with van der Waals surface area (Å²) >= 11 is 0. The molecule has 1 aromatic heterocycles. The number of ether oxygens (including phenoxy) is 1. The number of rotatable bonds is 5. The van der Waals surface area contributed by atoms with Crippen LogP contribution in [0.1, 0.15) is 54.6 Å². The van der Waals surface area contributed by atoms with Gasteiger partial charge in [0.25, 0.3) is 10.0 Å². The van der Waals surface area contributed by atoms with E-state index in [1.54, 1.807) is 12.1 Å². The molecule has 2 aromatic carbocycles. The molecule has 0 bridgehead atoms. The molecule has 0 amide bonds. The molecule has 3 heterocycles. The molecule has 1 unspecified atom stereocenters. The molecule has 1 saturated heterocycles. The van der Waals surface area contributed by atoms with Crippen molar-refractivity contribution in [1.82, 2.24) is 10.2 Å². The van der Waals surface area contributed by atoms with Crippen LogP contribution in [0.3, 0.4) is 0 Å². The number of aromatic nitrogens is 2. The van der Waals surface area contributed by atoms with Crippen LogP contribution >= 0.6 is 0 Å². The number of sulfonamides is 1. The van der Waals surface area contributed by atoms with Gasteiger partial charge in [-0.25, -0.2) is 8.42 Å². The summed E-state index contributed by atoms with van der Waals surface area (Å²) in [6, 6.07) is 14.1. The van der Waals surface area contributed by atoms with Gasteiger partial charge >= 0.3 is 0 Å². The van der Waals surface area contributed by atoms with Crippen molar-refractivity contribution in [1.29, 1.82) is 0 Å². The van der Waals surface area contributed by atoms with Gasteiger partial charge in [0.15, 0.2) is 0 Å². The molecule has 0 radical (unpaired) electrons. The van der Waals surface area contributed by atoms with E-state index in [0.29, 0.717) is 37.1 Å². The fraction of sp³-hybridized carbons (Fsp3) is 0.391. The summed E-state index contributed by atoms with van der Waals surface area (Å²) in [4.78, 5) is 0.260. The van der Waals surface area contributed by atoms with Gasteiger partial charge < -0.3 is 9.15 Å². The normalized spacial score (nSPS) is 19.5. The zero-order valence-electron chi connectivity index (χ0n) is 17.4. The molecule has 2 aliphatic rings. The van der Waals surface area contributed by atoms with Crippen LogP contribution in [-0.2, 0) is 27.6 Å². The Morgan fingerprint density at radius 3 is 2.45 bits per heavy atom. The van der Waals surface area contributed by atoms with Gasteiger partial charge in [0.05, 0.1) is 10.6 Å². The summed E-state index contributed by atoms with van der Waals surface area (Å²) in [5, 5.41) is 8.54. The smallest absolute Gasteiger partial charge is 0.265 e. The van der Waals surface area contributed by atoms with E-state index in [9.17, 15) is 8.42 Å². The minimum absolute atomic E-state index is 0.158. The van der Waals surface area contributed by atoms with Gasteiger partial charge in [0.1, 0.15) is 6.04 Å². The summed E-state index contributed by atoms with van der Waals surface area (Å²) in [7, 11) is -3.80. The third-order valence-electron chi connectivity index (χ3n) is 6.13. The lowest BCUT2D eigenvalue weighted by atomic mass is 10.0. The van der Waals surface area contributed by atoms with Crippen molar-refractivity contribution in [3.05, 3.63) is 71.4 Å². The Hall–Kier alpha value is -2.71. The van der Waals surface area contributed by atoms with Crippen LogP contribution in [0.4, 0.5) is 5.69 Å². The first-order chi connectivity index (χ1) is 15.1. The van der Waals surface area contributed by atoms with E-state index in [2.05, 4.69) is 10.2 Å². The Morgan fingerprint density at radius 1 is 1.00 bits per heavy atom. The van der Waals surface area contributed by atoms with E-state index >= 15 is 0 Å². The van der Waals surface area contributed by atoms with Gasteiger partial charge in [-0.1, -0.05) is 37.3 Å². The van der Waals surface area contributed by atoms with E-state index in [1.165, 1.54) is 4.31 Å². The van der Waals surface area contributed by atoms with Crippen LogP contribution in [0, 0.1) is 0 Å². The maximum absolute atomic E-state index is 13.7. The molecule has 1 atom stereocenters. The van der Waals surface area contributed by atoms with Gasteiger partial charge in [0.2, 0.25) is 11.8 Å². The molecule has 5 rings (SSSR count). The van der Waals surface area contributed by atoms with Crippen molar-refractivity contribution in [2.45, 2.75) is 49.5 Å². The third kappa shape index (κ3) is 3.64. The van der Waals surface area contributed by atoms with Crippen LogP contribution in [-0.4, -0.2) is 31.8 Å². The van der Waals surface area contributed by atoms with Gasteiger partial charge in [-0.2, -0.15) is 0 Å². The highest BCUT2D eigenvalue weighted by Gasteiger charge is 2.42. The topological polar surface area (TPSA) is 85.5 Å². The number of benzene rings is 2. The fourth-order valence-electron chi connectivity index (χ4n) is 4.34. The van der Waals surface area contributed by atoms with Gasteiger partial charge in [-0.05, 0) is 48.6 Å². The molecule has 0 saturated carbocycles. The van der Waals surface area contributed by atoms with Crippen LogP contribution in [0.5, 0.6) is 0 Å². The molecule has 1 fully saturated rings. The number of aryl methyl sites for hydroxylation is 1. The summed E-state index contributed by atoms with van der Waals surface area (Å²) in [5.41, 5.74) is 2.71. The number of para-hydroxylation sites is 1. The lowest BCUT2D eigenvalue weighted by Gasteiger charge is -2.25. The molecule has 3 aromatic rings. The van der Waals surface area contributed by atoms with Crippen LogP contribution in [0.2, 0.25) is 0 Å². The number of nitrogens with zero attached hydrogens (tertiary/aromatic N) is 3. The lowest BCUT2D eigenvalue weighted by Crippen LogP contribution is -2.32. The highest BCUT2D eigenvalue weighted by Crippen LogP contribution is 2.44. The fourth-order valence-corrected chi connectivity index (χ4v) is 5.99. The zero-order valence-corrected chi connectivity index (χ0v) is 18.2. The lowest BCUT2D eigenvalue weighted by molar-refractivity contribution is 0.0790. The highest BCUT2D eigenvalue weighted by molar-refractivity contribution is 7.92. The predicted molar refractivity (Wildman–Crippen MR) is 115 cm³/mol. The predicted octanol–water partition coefficient (Wildman–Crippen LogP) is 4.02. The average Bonchev–Trinajstić information content (AvgIpc) is 3.45. The largest absolute Gasteiger partial charge is 0.423 e. The maximum Gasteiger partial charge on any atom is 0.265 e. The second-order valence-corrected chi connectivity index (χ2v) is 9.83. The third-order valence-corrected chi connectivity index (χ3v) is 7.96. The summed E-state index contributed by atoms with van der Waals surface area (Å²) in [6.07, 6.45) is 3.01. The molecule has 0 spiro atoms. The minimum Gasteiger partial charge on any atom is -0.423 e. The van der Waals surface area contributed by atoms with Gasteiger partial charge in [-0.3, -0.25) is 4.31 Å². The first-order valence-electron chi connectivity index (χ1n) is 10.7. The number of anilines is 1. The minimum atomic E-state index is -3.80. The van der Waals surface area contributed by atoms with E-state index in [0.717, 1.165) is 30.4 Å². The van der Waals surface area contributed by atoms with E-state index in [4.69, 9.17) is 9.15 Å². The van der Waals surface area contributed by atoms with Crippen LogP contribution in [0.25, 0.3) is 0 Å². The molecule has 0 aliphatic carbocycles. The summed E-state index contributed by atoms with van der Waals surface area (Å²) in [5.74, 6) is 1.07. The summed E-state index contributed by atoms with van der Waals surface area (Å²) < 4.78 is 40.3. The quantitative estimate of drug-likeness (QED) is 0.597. The molecule has 31 heavy (non-hydrogen) atoms. The monoisotopic (exact) mass is 439 g/mol. The standard InChI is InChI=1S/C23H25N3O4S/c1-2-16-7-9-19(10-8-16)31(27,28)26-20-6-4-3-5-18(20)15-21(26)23-25-24-22(30-23)17-11-13-29-14-12-17/h3-10,17,21H,2,11-15H2,1H3. The van der Waals surface area contributed by atoms with Crippen molar-refractivity contribution in [3.63, 3.8) is 0 Å². The Labute approximate surface area is 182 Å². The van der Waals surface area contributed by atoms with Crippen molar-refractivity contribution < 1.29 is 17.6 Å². The van der Waals surface area contributed by atoms with E-state index < -0.39 is 16.1 Å². The van der Waals surface area contributed by atoms with Gasteiger partial charge in [-0.15, -0.1) is 10.2 Å². The zero-order chi connectivity index (χ0) is 21.4. The first kappa shape index (κ1) is 20.2. The molecule has 7 nitrogen and oxygen atoms in total. The Kier molecular flexibility index (Phi) is 5.27. The Balaban J connectivity index is 1.53. The van der Waals surface area contributed by atoms with E-state index in [1.807, 2.05) is 43.3 Å². The SMILES string of the molecule is CCc1ccc(S(=O)(=O)N2c3ccccc3CC2c2nnc(C3CCOCC3)o2)cc1. The van der Waals surface area contributed by atoms with Crippen molar-refractivity contribution in [3.8, 4) is 0 Å². The van der Waals surface area contributed by atoms with Crippen molar-refractivity contribution >= 4 is 15.7 Å². The highest BCUT2D eigenvalue weighted by atomic mass is 32.2. The molecule has 162 valence electrons. The number of hydrogen-bond donors (Lipinski definition) is 0. The second-order valence-electron chi connectivity index (χ2n) is 8.01. The average molecular weight is 440 g/mol.